The molecule has 3 rings (SSSR count). The highest BCUT2D eigenvalue weighted by molar-refractivity contribution is 7.92. The first-order valence-electron chi connectivity index (χ1n) is 7.22. The van der Waals surface area contributed by atoms with E-state index in [4.69, 9.17) is 4.74 Å². The van der Waals surface area contributed by atoms with Crippen molar-refractivity contribution in [2.24, 2.45) is 0 Å². The average Bonchev–Trinajstić information content (AvgIpc) is 2.95. The van der Waals surface area contributed by atoms with Gasteiger partial charge in [0, 0.05) is 6.92 Å². The number of thiazole rings is 1. The lowest BCUT2D eigenvalue weighted by Crippen LogP contribution is -2.12. The molecule has 7 nitrogen and oxygen atoms in total. The summed E-state index contributed by atoms with van der Waals surface area (Å²) >= 11 is 1.32. The fourth-order valence-electron chi connectivity index (χ4n) is 2.16. The highest BCUT2D eigenvalue weighted by Crippen LogP contribution is 2.29. The number of amides is 1. The van der Waals surface area contributed by atoms with Crippen LogP contribution in [-0.2, 0) is 14.8 Å². The van der Waals surface area contributed by atoms with Crippen LogP contribution in [-0.4, -0.2) is 26.4 Å². The number of fused-ring (bicyclic) bond motifs is 1. The maximum Gasteiger partial charge on any atom is 0.261 e. The van der Waals surface area contributed by atoms with Gasteiger partial charge in [0.15, 0.2) is 5.13 Å². The summed E-state index contributed by atoms with van der Waals surface area (Å²) in [5, 5.41) is 3.09. The molecule has 0 saturated carbocycles. The van der Waals surface area contributed by atoms with Gasteiger partial charge < -0.3 is 10.1 Å². The molecule has 9 heteroatoms. The quantitative estimate of drug-likeness (QED) is 0.712. The second-order valence-corrected chi connectivity index (χ2v) is 7.88. The number of aromatic nitrogens is 1. The molecule has 0 aliphatic carbocycles. The molecule has 1 heterocycles. The van der Waals surface area contributed by atoms with Crippen molar-refractivity contribution in [2.45, 2.75) is 11.8 Å². The molecule has 0 spiro atoms. The van der Waals surface area contributed by atoms with Crippen molar-refractivity contribution in [1.29, 1.82) is 0 Å². The van der Waals surface area contributed by atoms with Crippen LogP contribution in [0.1, 0.15) is 6.92 Å². The van der Waals surface area contributed by atoms with Crippen LogP contribution < -0.4 is 14.8 Å². The lowest BCUT2D eigenvalue weighted by Gasteiger charge is -2.08. The lowest BCUT2D eigenvalue weighted by atomic mass is 10.3. The summed E-state index contributed by atoms with van der Waals surface area (Å²) in [5.41, 5.74) is 0.992. The van der Waals surface area contributed by atoms with Gasteiger partial charge in [-0.1, -0.05) is 11.3 Å². The molecule has 2 aromatic carbocycles. The summed E-state index contributed by atoms with van der Waals surface area (Å²) in [6, 6.07) is 11.1. The first-order valence-corrected chi connectivity index (χ1v) is 9.52. The molecule has 0 atom stereocenters. The Morgan fingerprint density at radius 3 is 2.52 bits per heavy atom. The van der Waals surface area contributed by atoms with Crippen LogP contribution in [0.15, 0.2) is 47.4 Å². The van der Waals surface area contributed by atoms with Crippen molar-refractivity contribution in [2.75, 3.05) is 17.1 Å². The van der Waals surface area contributed by atoms with Crippen molar-refractivity contribution in [1.82, 2.24) is 4.98 Å². The number of carbonyl (C=O) groups excluding carboxylic acids is 1. The van der Waals surface area contributed by atoms with E-state index in [0.717, 1.165) is 4.70 Å². The van der Waals surface area contributed by atoms with Crippen LogP contribution in [0.3, 0.4) is 0 Å². The zero-order valence-electron chi connectivity index (χ0n) is 13.4. The zero-order chi connectivity index (χ0) is 18.0. The van der Waals surface area contributed by atoms with Crippen LogP contribution in [0.5, 0.6) is 5.75 Å². The molecule has 1 aromatic heterocycles. The van der Waals surface area contributed by atoms with Crippen molar-refractivity contribution in [3.8, 4) is 5.75 Å². The number of rotatable bonds is 5. The molecule has 0 fully saturated rings. The Labute approximate surface area is 148 Å². The van der Waals surface area contributed by atoms with Crippen LogP contribution in [0.4, 0.5) is 10.8 Å². The minimum Gasteiger partial charge on any atom is -0.497 e. The second-order valence-electron chi connectivity index (χ2n) is 5.16. The van der Waals surface area contributed by atoms with Gasteiger partial charge in [0.2, 0.25) is 5.91 Å². The van der Waals surface area contributed by atoms with Gasteiger partial charge in [0.05, 0.1) is 27.9 Å². The number of nitrogens with zero attached hydrogens (tertiary/aromatic N) is 1. The van der Waals surface area contributed by atoms with Crippen LogP contribution in [0.25, 0.3) is 10.2 Å². The summed E-state index contributed by atoms with van der Waals surface area (Å²) in [5.74, 6) is 0.368. The summed E-state index contributed by atoms with van der Waals surface area (Å²) in [6.07, 6.45) is 0. The molecular weight excluding hydrogens is 362 g/mol. The molecule has 3 aromatic rings. The topological polar surface area (TPSA) is 97.4 Å². The Morgan fingerprint density at radius 2 is 1.88 bits per heavy atom. The van der Waals surface area contributed by atoms with Crippen LogP contribution >= 0.6 is 11.3 Å². The summed E-state index contributed by atoms with van der Waals surface area (Å²) in [7, 11) is -2.20. The van der Waals surface area contributed by atoms with Gasteiger partial charge in [0.25, 0.3) is 10.0 Å². The standard InChI is InChI=1S/C16H15N3O4S2/c1-10(20)17-16-18-14-9-11(3-8-15(14)24-16)19-25(21,22)13-6-4-12(23-2)5-7-13/h3-9,19H,1-2H3,(H,17,18,20). The van der Waals surface area contributed by atoms with Crippen LogP contribution in [0, 0.1) is 0 Å². The Morgan fingerprint density at radius 1 is 1.16 bits per heavy atom. The molecule has 0 unspecified atom stereocenters. The molecular formula is C16H15N3O4S2. The van der Waals surface area contributed by atoms with E-state index >= 15 is 0 Å². The van der Waals surface area contributed by atoms with E-state index in [1.54, 1.807) is 30.3 Å². The van der Waals surface area contributed by atoms with Crippen molar-refractivity contribution < 1.29 is 17.9 Å². The Kier molecular flexibility index (Phi) is 4.60. The van der Waals surface area contributed by atoms with E-state index in [1.807, 2.05) is 0 Å². The lowest BCUT2D eigenvalue weighted by molar-refractivity contribution is -0.114. The Hall–Kier alpha value is -2.65. The summed E-state index contributed by atoms with van der Waals surface area (Å²) in [4.78, 5) is 15.5. The van der Waals surface area contributed by atoms with E-state index < -0.39 is 10.0 Å². The van der Waals surface area contributed by atoms with E-state index in [9.17, 15) is 13.2 Å². The minimum absolute atomic E-state index is 0.130. The third-order valence-corrected chi connectivity index (χ3v) is 5.64. The molecule has 0 bridgehead atoms. The minimum atomic E-state index is -3.72. The number of benzene rings is 2. The fraction of sp³-hybridized carbons (Fsp3) is 0.125. The predicted molar refractivity (Wildman–Crippen MR) is 97.7 cm³/mol. The number of carbonyl (C=O) groups is 1. The third-order valence-electron chi connectivity index (χ3n) is 3.29. The number of hydrogen-bond donors (Lipinski definition) is 2. The highest BCUT2D eigenvalue weighted by atomic mass is 32.2. The molecule has 0 radical (unpaired) electrons. The second kappa shape index (κ2) is 6.69. The fourth-order valence-corrected chi connectivity index (χ4v) is 4.11. The third kappa shape index (κ3) is 3.89. The predicted octanol–water partition coefficient (Wildman–Crippen LogP) is 3.06. The molecule has 1 amide bonds. The monoisotopic (exact) mass is 377 g/mol. The molecule has 130 valence electrons. The molecule has 0 saturated heterocycles. The van der Waals surface area contributed by atoms with Crippen molar-refractivity contribution >= 4 is 48.3 Å². The number of hydrogen-bond acceptors (Lipinski definition) is 6. The number of methoxy groups -OCH3 is 1. The molecule has 0 aliphatic rings. The van der Waals surface area contributed by atoms with Gasteiger partial charge in [0.1, 0.15) is 5.75 Å². The maximum absolute atomic E-state index is 12.5. The maximum atomic E-state index is 12.5. The van der Waals surface area contributed by atoms with Gasteiger partial charge >= 0.3 is 0 Å². The Balaban J connectivity index is 1.86. The molecule has 2 N–H and O–H groups in total. The largest absolute Gasteiger partial charge is 0.497 e. The van der Waals surface area contributed by atoms with Crippen molar-refractivity contribution in [3.63, 3.8) is 0 Å². The number of ether oxygens (including phenoxy) is 1. The highest BCUT2D eigenvalue weighted by Gasteiger charge is 2.15. The van der Waals surface area contributed by atoms with Crippen LogP contribution in [0.2, 0.25) is 0 Å². The van der Waals surface area contributed by atoms with Gasteiger partial charge in [-0.2, -0.15) is 0 Å². The van der Waals surface area contributed by atoms with Gasteiger partial charge in [-0.15, -0.1) is 0 Å². The number of anilines is 2. The van der Waals surface area contributed by atoms with Crippen molar-refractivity contribution in [3.05, 3.63) is 42.5 Å². The SMILES string of the molecule is COc1ccc(S(=O)(=O)Nc2ccc3sc(NC(C)=O)nc3c2)cc1. The summed E-state index contributed by atoms with van der Waals surface area (Å²) in [6.45, 7) is 1.40. The first kappa shape index (κ1) is 17.2. The zero-order valence-corrected chi connectivity index (χ0v) is 15.1. The first-order chi connectivity index (χ1) is 11.9. The van der Waals surface area contributed by atoms with E-state index in [0.29, 0.717) is 22.1 Å². The number of nitrogens with one attached hydrogen (secondary N) is 2. The normalized spacial score (nSPS) is 11.3. The smallest absolute Gasteiger partial charge is 0.261 e. The Bertz CT molecular complexity index is 1030. The number of sulfonamides is 1. The molecule has 25 heavy (non-hydrogen) atoms. The van der Waals surface area contributed by atoms with E-state index in [1.165, 1.54) is 37.5 Å². The average molecular weight is 377 g/mol. The molecule has 0 aliphatic heterocycles. The van der Waals surface area contributed by atoms with E-state index in [-0.39, 0.29) is 10.8 Å². The van der Waals surface area contributed by atoms with E-state index in [2.05, 4.69) is 15.0 Å². The van der Waals surface area contributed by atoms with Gasteiger partial charge in [-0.05, 0) is 42.5 Å². The van der Waals surface area contributed by atoms with Gasteiger partial charge in [-0.25, -0.2) is 13.4 Å². The summed E-state index contributed by atoms with van der Waals surface area (Å²) < 4.78 is 33.3. The van der Waals surface area contributed by atoms with Gasteiger partial charge in [-0.3, -0.25) is 9.52 Å².